The van der Waals surface area contributed by atoms with Gasteiger partial charge >= 0.3 is 0 Å². The summed E-state index contributed by atoms with van der Waals surface area (Å²) in [5.74, 6) is 3.29. The molecule has 1 N–H and O–H groups in total. The number of nitrogens with zero attached hydrogens (tertiary/aromatic N) is 1. The van der Waals surface area contributed by atoms with Crippen LogP contribution >= 0.6 is 23.5 Å². The second kappa shape index (κ2) is 5.67. The van der Waals surface area contributed by atoms with Gasteiger partial charge in [0, 0.05) is 17.0 Å². The molecule has 1 heterocycles. The molecule has 16 heavy (non-hydrogen) atoms. The van der Waals surface area contributed by atoms with Crippen molar-refractivity contribution in [3.63, 3.8) is 0 Å². The zero-order chi connectivity index (χ0) is 11.4. The fourth-order valence-electron chi connectivity index (χ4n) is 2.41. The molecule has 0 atom stereocenters. The second-order valence-corrected chi connectivity index (χ2v) is 7.01. The van der Waals surface area contributed by atoms with Crippen LogP contribution in [-0.2, 0) is 0 Å². The van der Waals surface area contributed by atoms with Gasteiger partial charge in [-0.1, -0.05) is 18.7 Å². The zero-order valence-electron chi connectivity index (χ0n) is 10.3. The molecule has 4 heteroatoms. The fraction of sp³-hybridized carbons (Fsp3) is 0.917. The largest absolute Gasteiger partial charge is 0.359 e. The Balaban J connectivity index is 1.84. The maximum Gasteiger partial charge on any atom is 0.157 e. The van der Waals surface area contributed by atoms with E-state index in [-0.39, 0.29) is 0 Å². The van der Waals surface area contributed by atoms with Gasteiger partial charge in [-0.15, -0.1) is 0 Å². The van der Waals surface area contributed by atoms with Crippen LogP contribution in [0.25, 0.3) is 0 Å². The quantitative estimate of drug-likeness (QED) is 0.788. The third-order valence-electron chi connectivity index (χ3n) is 3.64. The van der Waals surface area contributed by atoms with Crippen LogP contribution in [-0.4, -0.2) is 35.0 Å². The summed E-state index contributed by atoms with van der Waals surface area (Å²) in [5.41, 5.74) is 0.398. The summed E-state index contributed by atoms with van der Waals surface area (Å²) in [4.78, 5) is 4.63. The Morgan fingerprint density at radius 2 is 2.25 bits per heavy atom. The number of amidine groups is 1. The Bertz CT molecular complexity index is 258. The van der Waals surface area contributed by atoms with Crippen molar-refractivity contribution in [2.45, 2.75) is 38.1 Å². The van der Waals surface area contributed by atoms with E-state index in [1.54, 1.807) is 0 Å². The van der Waals surface area contributed by atoms with E-state index in [2.05, 4.69) is 23.5 Å². The first-order valence-electron chi connectivity index (χ1n) is 6.18. The molecule has 2 aliphatic rings. The van der Waals surface area contributed by atoms with Crippen molar-refractivity contribution in [1.82, 2.24) is 5.32 Å². The van der Waals surface area contributed by atoms with Crippen molar-refractivity contribution in [3.05, 3.63) is 0 Å². The molecule has 0 amide bonds. The normalized spacial score (nSPS) is 36.9. The Morgan fingerprint density at radius 1 is 1.50 bits per heavy atom. The van der Waals surface area contributed by atoms with Crippen LogP contribution in [0.4, 0.5) is 0 Å². The molecule has 1 saturated heterocycles. The number of rotatable bonds is 3. The summed E-state index contributed by atoms with van der Waals surface area (Å²) in [6, 6.07) is 0. The molecular formula is C12H22N2S2. The van der Waals surface area contributed by atoms with Crippen LogP contribution in [0.2, 0.25) is 0 Å². The lowest BCUT2D eigenvalue weighted by Gasteiger charge is -2.35. The van der Waals surface area contributed by atoms with Crippen LogP contribution in [0.1, 0.15) is 32.6 Å². The lowest BCUT2D eigenvalue weighted by atomic mass is 9.78. The van der Waals surface area contributed by atoms with Gasteiger partial charge in [0.25, 0.3) is 0 Å². The first-order chi connectivity index (χ1) is 7.74. The first-order valence-corrected chi connectivity index (χ1v) is 8.56. The van der Waals surface area contributed by atoms with E-state index in [9.17, 15) is 0 Å². The topological polar surface area (TPSA) is 24.4 Å². The third-order valence-corrected chi connectivity index (χ3v) is 5.43. The second-order valence-electron chi connectivity index (χ2n) is 5.06. The van der Waals surface area contributed by atoms with Gasteiger partial charge in [0.05, 0.1) is 6.54 Å². The predicted octanol–water partition coefficient (Wildman–Crippen LogP) is 2.99. The highest BCUT2D eigenvalue weighted by Gasteiger charge is 2.39. The molecule has 2 rings (SSSR count). The molecule has 0 aromatic carbocycles. The van der Waals surface area contributed by atoms with Crippen LogP contribution in [0.15, 0.2) is 4.99 Å². The van der Waals surface area contributed by atoms with Crippen LogP contribution in [0.3, 0.4) is 0 Å². The fourth-order valence-corrected chi connectivity index (χ4v) is 3.93. The molecule has 1 aliphatic heterocycles. The standard InChI is InChI=1S/C12H22N2S2/c1-10-3-5-12(6-4-10)9-16-11(14-12)13-7-8-15-2/h10H,3-9H2,1-2H3,(H,13,14). The minimum atomic E-state index is 0.398. The summed E-state index contributed by atoms with van der Waals surface area (Å²) in [5, 5.41) is 4.89. The molecule has 0 aromatic heterocycles. The van der Waals surface area contributed by atoms with Crippen LogP contribution in [0.5, 0.6) is 0 Å². The predicted molar refractivity (Wildman–Crippen MR) is 76.6 cm³/mol. The average molecular weight is 258 g/mol. The molecule has 2 fully saturated rings. The molecule has 1 spiro atoms. The molecular weight excluding hydrogens is 236 g/mol. The van der Waals surface area contributed by atoms with E-state index in [1.165, 1.54) is 36.6 Å². The SMILES string of the molecule is CSCCN=C1NC2(CCC(C)CC2)CS1. The van der Waals surface area contributed by atoms with Crippen molar-refractivity contribution in [1.29, 1.82) is 0 Å². The first kappa shape index (κ1) is 12.6. The summed E-state index contributed by atoms with van der Waals surface area (Å²) in [7, 11) is 0. The number of thioether (sulfide) groups is 2. The van der Waals surface area contributed by atoms with E-state index in [1.807, 2.05) is 23.5 Å². The molecule has 0 radical (unpaired) electrons. The number of nitrogens with one attached hydrogen (secondary N) is 1. The Hall–Kier alpha value is 0.170. The Kier molecular flexibility index (Phi) is 4.48. The highest BCUT2D eigenvalue weighted by Crippen LogP contribution is 2.38. The van der Waals surface area contributed by atoms with Gasteiger partial charge in [-0.3, -0.25) is 4.99 Å². The van der Waals surface area contributed by atoms with Crippen molar-refractivity contribution in [2.24, 2.45) is 10.9 Å². The summed E-state index contributed by atoms with van der Waals surface area (Å²) in [6.07, 6.45) is 7.57. The summed E-state index contributed by atoms with van der Waals surface area (Å²) >= 11 is 3.80. The van der Waals surface area contributed by atoms with Gasteiger partial charge in [-0.2, -0.15) is 11.8 Å². The lowest BCUT2D eigenvalue weighted by molar-refractivity contribution is 0.251. The van der Waals surface area contributed by atoms with Gasteiger partial charge in [-0.05, 0) is 37.9 Å². The van der Waals surface area contributed by atoms with E-state index in [4.69, 9.17) is 0 Å². The van der Waals surface area contributed by atoms with E-state index < -0.39 is 0 Å². The zero-order valence-corrected chi connectivity index (χ0v) is 11.9. The molecule has 1 saturated carbocycles. The van der Waals surface area contributed by atoms with E-state index in [0.717, 1.165) is 18.2 Å². The maximum absolute atomic E-state index is 4.63. The monoisotopic (exact) mass is 258 g/mol. The molecule has 92 valence electrons. The third kappa shape index (κ3) is 3.10. The minimum Gasteiger partial charge on any atom is -0.359 e. The maximum atomic E-state index is 4.63. The van der Waals surface area contributed by atoms with Crippen LogP contribution < -0.4 is 5.32 Å². The lowest BCUT2D eigenvalue weighted by Crippen LogP contribution is -2.46. The van der Waals surface area contributed by atoms with Crippen molar-refractivity contribution >= 4 is 28.7 Å². The van der Waals surface area contributed by atoms with E-state index in [0.29, 0.717) is 5.54 Å². The van der Waals surface area contributed by atoms with Crippen molar-refractivity contribution < 1.29 is 0 Å². The molecule has 0 unspecified atom stereocenters. The van der Waals surface area contributed by atoms with Crippen molar-refractivity contribution in [2.75, 3.05) is 24.3 Å². The summed E-state index contributed by atoms with van der Waals surface area (Å²) < 4.78 is 0. The number of hydrogen-bond donors (Lipinski definition) is 1. The average Bonchev–Trinajstić information content (AvgIpc) is 2.68. The molecule has 0 bridgehead atoms. The van der Waals surface area contributed by atoms with Gasteiger partial charge in [0.1, 0.15) is 0 Å². The summed E-state index contributed by atoms with van der Waals surface area (Å²) in [6.45, 7) is 3.34. The molecule has 0 aromatic rings. The van der Waals surface area contributed by atoms with Gasteiger partial charge < -0.3 is 5.32 Å². The van der Waals surface area contributed by atoms with Crippen molar-refractivity contribution in [3.8, 4) is 0 Å². The minimum absolute atomic E-state index is 0.398. The number of aliphatic imine (C=N–C) groups is 1. The smallest absolute Gasteiger partial charge is 0.157 e. The van der Waals surface area contributed by atoms with Gasteiger partial charge in [0.15, 0.2) is 5.17 Å². The number of hydrogen-bond acceptors (Lipinski definition) is 3. The van der Waals surface area contributed by atoms with Crippen LogP contribution in [0, 0.1) is 5.92 Å². The van der Waals surface area contributed by atoms with Gasteiger partial charge in [-0.25, -0.2) is 0 Å². The molecule has 1 aliphatic carbocycles. The molecule has 2 nitrogen and oxygen atoms in total. The van der Waals surface area contributed by atoms with Gasteiger partial charge in [0.2, 0.25) is 0 Å². The Morgan fingerprint density at radius 3 is 2.94 bits per heavy atom. The Labute approximate surface area is 107 Å². The van der Waals surface area contributed by atoms with E-state index >= 15 is 0 Å². The highest BCUT2D eigenvalue weighted by atomic mass is 32.2. The highest BCUT2D eigenvalue weighted by molar-refractivity contribution is 8.14.